The van der Waals surface area contributed by atoms with Crippen molar-refractivity contribution in [2.45, 2.75) is 17.8 Å². The number of benzene rings is 2. The quantitative estimate of drug-likeness (QED) is 0.730. The molecule has 2 aromatic rings. The molecule has 3 rings (SSSR count). The van der Waals surface area contributed by atoms with Crippen molar-refractivity contribution < 1.29 is 24.2 Å². The Bertz CT molecular complexity index is 782. The molecular weight excluding hydrogens is 390 g/mol. The smallest absolute Gasteiger partial charge is 0.286 e. The molecule has 0 bridgehead atoms. The van der Waals surface area contributed by atoms with Crippen molar-refractivity contribution in [3.05, 3.63) is 59.7 Å². The van der Waals surface area contributed by atoms with E-state index in [1.165, 1.54) is 0 Å². The van der Waals surface area contributed by atoms with Crippen LogP contribution in [-0.4, -0.2) is 35.2 Å². The lowest BCUT2D eigenvalue weighted by Crippen LogP contribution is -2.25. The van der Waals surface area contributed by atoms with Crippen LogP contribution in [-0.2, 0) is 11.2 Å². The van der Waals surface area contributed by atoms with Crippen LogP contribution in [0, 0.1) is 0 Å². The molecule has 27 heavy (non-hydrogen) atoms. The Morgan fingerprint density at radius 1 is 1.07 bits per heavy atom. The third-order valence-corrected chi connectivity index (χ3v) is 5.00. The first-order chi connectivity index (χ1) is 12.5. The molecule has 0 aliphatic carbocycles. The first-order valence-electron chi connectivity index (χ1n) is 8.10. The van der Waals surface area contributed by atoms with E-state index in [1.54, 1.807) is 43.5 Å². The fourth-order valence-corrected chi connectivity index (χ4v) is 3.42. The van der Waals surface area contributed by atoms with Gasteiger partial charge in [0.1, 0.15) is 24.2 Å². The highest BCUT2D eigenvalue weighted by Gasteiger charge is 2.31. The molecule has 0 aromatic heterocycles. The second-order valence-electron chi connectivity index (χ2n) is 5.83. The number of aliphatic hydroxyl groups is 1. The van der Waals surface area contributed by atoms with Crippen molar-refractivity contribution >= 4 is 35.3 Å². The normalized spacial score (nSPS) is 17.0. The maximum Gasteiger partial charge on any atom is 0.286 e. The molecule has 2 aromatic carbocycles. The van der Waals surface area contributed by atoms with Gasteiger partial charge in [0.15, 0.2) is 0 Å². The summed E-state index contributed by atoms with van der Waals surface area (Å²) in [6.07, 6.45) is -0.262. The number of hydrogen-bond donors (Lipinski definition) is 2. The first kappa shape index (κ1) is 21.1. The SMILES string of the molecule is COc1ccc([C@@H](O)COc2ccc(CC3SC(=O)NC3=O)cc2)cc1.Cl. The molecule has 2 amide bonds. The van der Waals surface area contributed by atoms with Crippen LogP contribution in [0.5, 0.6) is 11.5 Å². The van der Waals surface area contributed by atoms with Crippen molar-refractivity contribution in [1.29, 1.82) is 0 Å². The molecule has 1 aliphatic rings. The number of aliphatic hydroxyl groups excluding tert-OH is 1. The van der Waals surface area contributed by atoms with Gasteiger partial charge in [-0.15, -0.1) is 12.4 Å². The molecule has 6 nitrogen and oxygen atoms in total. The van der Waals surface area contributed by atoms with Gasteiger partial charge in [-0.2, -0.15) is 0 Å². The standard InChI is InChI=1S/C19H19NO5S.ClH/c1-24-14-8-4-13(5-9-14)16(21)11-25-15-6-2-12(3-7-15)10-17-18(22)20-19(23)26-17;/h2-9,16-17,21H,10-11H2,1H3,(H,20,22,23);1H/t16-,17?;/m0./s1. The van der Waals surface area contributed by atoms with Crippen LogP contribution in [0.4, 0.5) is 4.79 Å². The lowest BCUT2D eigenvalue weighted by Gasteiger charge is -2.13. The van der Waals surface area contributed by atoms with Crippen LogP contribution in [0.25, 0.3) is 0 Å². The van der Waals surface area contributed by atoms with Crippen LogP contribution in [0.2, 0.25) is 0 Å². The largest absolute Gasteiger partial charge is 0.497 e. The Labute approximate surface area is 167 Å². The maximum absolute atomic E-state index is 11.6. The number of carbonyl (C=O) groups is 2. The predicted octanol–water partition coefficient (Wildman–Crippen LogP) is 3.12. The molecule has 0 spiro atoms. The molecular formula is C19H20ClNO5S. The summed E-state index contributed by atoms with van der Waals surface area (Å²) in [5.74, 6) is 1.11. The second kappa shape index (κ2) is 9.64. The van der Waals surface area contributed by atoms with E-state index in [0.29, 0.717) is 12.2 Å². The van der Waals surface area contributed by atoms with Crippen molar-refractivity contribution in [3.63, 3.8) is 0 Å². The van der Waals surface area contributed by atoms with E-state index >= 15 is 0 Å². The number of carbonyl (C=O) groups excluding carboxylic acids is 2. The highest BCUT2D eigenvalue weighted by atomic mass is 35.5. The fraction of sp³-hybridized carbons (Fsp3) is 0.263. The number of hydrogen-bond acceptors (Lipinski definition) is 6. The van der Waals surface area contributed by atoms with Gasteiger partial charge in [-0.3, -0.25) is 14.9 Å². The molecule has 1 unspecified atom stereocenters. The first-order valence-corrected chi connectivity index (χ1v) is 8.98. The summed E-state index contributed by atoms with van der Waals surface area (Å²) < 4.78 is 10.7. The number of ether oxygens (including phenoxy) is 2. The van der Waals surface area contributed by atoms with E-state index in [9.17, 15) is 14.7 Å². The van der Waals surface area contributed by atoms with E-state index in [0.717, 1.165) is 28.6 Å². The molecule has 0 saturated carbocycles. The Balaban J connectivity index is 0.00000261. The van der Waals surface area contributed by atoms with E-state index in [2.05, 4.69) is 5.32 Å². The molecule has 144 valence electrons. The molecule has 1 aliphatic heterocycles. The summed E-state index contributed by atoms with van der Waals surface area (Å²) in [6, 6.07) is 14.4. The summed E-state index contributed by atoms with van der Waals surface area (Å²) in [5.41, 5.74) is 1.69. The van der Waals surface area contributed by atoms with Crippen molar-refractivity contribution in [2.24, 2.45) is 0 Å². The average molecular weight is 410 g/mol. The van der Waals surface area contributed by atoms with Crippen molar-refractivity contribution in [1.82, 2.24) is 5.32 Å². The number of rotatable bonds is 7. The number of imide groups is 1. The number of methoxy groups -OCH3 is 1. The van der Waals surface area contributed by atoms with Gasteiger partial charge in [0.05, 0.1) is 12.4 Å². The predicted molar refractivity (Wildman–Crippen MR) is 106 cm³/mol. The van der Waals surface area contributed by atoms with Gasteiger partial charge >= 0.3 is 0 Å². The monoisotopic (exact) mass is 409 g/mol. The van der Waals surface area contributed by atoms with Gasteiger partial charge in [-0.25, -0.2) is 0 Å². The van der Waals surface area contributed by atoms with E-state index in [1.807, 2.05) is 12.1 Å². The van der Waals surface area contributed by atoms with Crippen LogP contribution >= 0.6 is 24.2 Å². The summed E-state index contributed by atoms with van der Waals surface area (Å²) in [4.78, 5) is 22.8. The van der Waals surface area contributed by atoms with Gasteiger partial charge in [-0.1, -0.05) is 36.0 Å². The number of amides is 2. The van der Waals surface area contributed by atoms with Crippen molar-refractivity contribution in [3.8, 4) is 11.5 Å². The highest BCUT2D eigenvalue weighted by molar-refractivity contribution is 8.15. The topological polar surface area (TPSA) is 84.9 Å². The Hall–Kier alpha value is -2.22. The number of nitrogens with one attached hydrogen (secondary N) is 1. The lowest BCUT2D eigenvalue weighted by atomic mass is 10.1. The summed E-state index contributed by atoms with van der Waals surface area (Å²) in [7, 11) is 1.59. The minimum Gasteiger partial charge on any atom is -0.497 e. The van der Waals surface area contributed by atoms with E-state index in [4.69, 9.17) is 9.47 Å². The average Bonchev–Trinajstić information content (AvgIpc) is 2.98. The van der Waals surface area contributed by atoms with Crippen molar-refractivity contribution in [2.75, 3.05) is 13.7 Å². The molecule has 0 radical (unpaired) electrons. The number of thioether (sulfide) groups is 1. The molecule has 8 heteroatoms. The molecule has 1 heterocycles. The van der Waals surface area contributed by atoms with Crippen LogP contribution in [0.15, 0.2) is 48.5 Å². The molecule has 2 N–H and O–H groups in total. The zero-order valence-electron chi connectivity index (χ0n) is 14.6. The van der Waals surface area contributed by atoms with Gasteiger partial charge in [0, 0.05) is 0 Å². The molecule has 1 saturated heterocycles. The third kappa shape index (κ3) is 5.63. The van der Waals surface area contributed by atoms with Crippen LogP contribution in [0.3, 0.4) is 0 Å². The second-order valence-corrected chi connectivity index (χ2v) is 7.01. The summed E-state index contributed by atoms with van der Waals surface area (Å²) in [6.45, 7) is 0.126. The van der Waals surface area contributed by atoms with Crippen LogP contribution < -0.4 is 14.8 Å². The van der Waals surface area contributed by atoms with E-state index < -0.39 is 6.10 Å². The highest BCUT2D eigenvalue weighted by Crippen LogP contribution is 2.24. The zero-order chi connectivity index (χ0) is 18.5. The van der Waals surface area contributed by atoms with E-state index in [-0.39, 0.29) is 35.4 Å². The van der Waals surface area contributed by atoms with Gasteiger partial charge in [0.2, 0.25) is 5.91 Å². The van der Waals surface area contributed by atoms with Gasteiger partial charge < -0.3 is 14.6 Å². The van der Waals surface area contributed by atoms with Gasteiger partial charge in [-0.05, 0) is 41.8 Å². The summed E-state index contributed by atoms with van der Waals surface area (Å²) >= 11 is 1.01. The summed E-state index contributed by atoms with van der Waals surface area (Å²) in [5, 5.41) is 11.8. The molecule has 2 atom stereocenters. The maximum atomic E-state index is 11.6. The minimum atomic E-state index is -0.745. The lowest BCUT2D eigenvalue weighted by molar-refractivity contribution is -0.118. The Morgan fingerprint density at radius 2 is 1.70 bits per heavy atom. The van der Waals surface area contributed by atoms with Gasteiger partial charge in [0.25, 0.3) is 5.24 Å². The minimum absolute atomic E-state index is 0. The molecule has 1 fully saturated rings. The van der Waals surface area contributed by atoms with Crippen LogP contribution in [0.1, 0.15) is 17.2 Å². The third-order valence-electron chi connectivity index (χ3n) is 4.02. The zero-order valence-corrected chi connectivity index (χ0v) is 16.2. The number of halogens is 1. The Kier molecular flexibility index (Phi) is 7.53. The fourth-order valence-electron chi connectivity index (χ4n) is 2.56. The Morgan fingerprint density at radius 3 is 2.26 bits per heavy atom.